The number of unbranched alkanes of at least 4 members (excludes halogenated alkanes) is 1. The highest BCUT2D eigenvalue weighted by Crippen LogP contribution is 2.62. The van der Waals surface area contributed by atoms with E-state index in [2.05, 4.69) is 37.3 Å². The summed E-state index contributed by atoms with van der Waals surface area (Å²) >= 11 is 0. The van der Waals surface area contributed by atoms with Gasteiger partial charge in [0.2, 0.25) is 5.91 Å². The van der Waals surface area contributed by atoms with Crippen LogP contribution in [0, 0.1) is 23.2 Å². The molecule has 188 valence electrons. The molecule has 0 aliphatic heterocycles. The molecule has 2 fully saturated rings. The first-order valence-corrected chi connectivity index (χ1v) is 13.7. The van der Waals surface area contributed by atoms with Crippen LogP contribution in [0.15, 0.2) is 42.5 Å². The maximum Gasteiger partial charge on any atom is 0.217 e. The number of carbonyl (C=O) groups excluding carboxylic acids is 1. The number of hydrogen-bond acceptors (Lipinski definition) is 3. The quantitative estimate of drug-likeness (QED) is 0.430. The van der Waals surface area contributed by atoms with E-state index in [4.69, 9.17) is 5.73 Å². The number of aryl methyl sites for hydroxylation is 2. The minimum Gasteiger partial charge on any atom is -0.508 e. The normalized spacial score (nSPS) is 31.4. The van der Waals surface area contributed by atoms with Gasteiger partial charge in [0.05, 0.1) is 6.10 Å². The van der Waals surface area contributed by atoms with E-state index in [1.54, 1.807) is 0 Å². The molecule has 6 atom stereocenters. The zero-order chi connectivity index (χ0) is 24.6. The number of carbonyl (C=O) groups is 1. The van der Waals surface area contributed by atoms with E-state index in [9.17, 15) is 15.0 Å². The molecule has 2 aromatic carbocycles. The van der Waals surface area contributed by atoms with E-state index < -0.39 is 0 Å². The van der Waals surface area contributed by atoms with E-state index in [1.807, 2.05) is 12.1 Å². The highest BCUT2D eigenvalue weighted by Gasteiger charge is 2.56. The van der Waals surface area contributed by atoms with Crippen LogP contribution in [0.4, 0.5) is 0 Å². The van der Waals surface area contributed by atoms with Gasteiger partial charge < -0.3 is 15.9 Å². The van der Waals surface area contributed by atoms with Crippen molar-refractivity contribution in [2.24, 2.45) is 28.9 Å². The molecule has 2 aromatic rings. The van der Waals surface area contributed by atoms with Crippen molar-refractivity contribution in [2.45, 2.75) is 89.6 Å². The van der Waals surface area contributed by atoms with Crippen LogP contribution in [-0.4, -0.2) is 22.2 Å². The van der Waals surface area contributed by atoms with Crippen molar-refractivity contribution in [3.8, 4) is 5.75 Å². The molecular formula is C31H41NO3. The summed E-state index contributed by atoms with van der Waals surface area (Å²) in [5.41, 5.74) is 10.7. The molecule has 0 spiro atoms. The summed E-state index contributed by atoms with van der Waals surface area (Å²) in [6.07, 6.45) is 11.1. The fourth-order valence-corrected chi connectivity index (χ4v) is 7.91. The third-order valence-electron chi connectivity index (χ3n) is 9.81. The first kappa shape index (κ1) is 24.4. The van der Waals surface area contributed by atoms with Gasteiger partial charge in [-0.25, -0.2) is 0 Å². The van der Waals surface area contributed by atoms with Crippen LogP contribution in [0.5, 0.6) is 5.75 Å². The van der Waals surface area contributed by atoms with Crippen LogP contribution >= 0.6 is 0 Å². The molecule has 4 N–H and O–H groups in total. The largest absolute Gasteiger partial charge is 0.508 e. The van der Waals surface area contributed by atoms with Crippen LogP contribution in [0.2, 0.25) is 0 Å². The lowest BCUT2D eigenvalue weighted by atomic mass is 9.52. The Morgan fingerprint density at radius 1 is 1.03 bits per heavy atom. The van der Waals surface area contributed by atoms with E-state index >= 15 is 0 Å². The molecule has 4 nitrogen and oxygen atoms in total. The zero-order valence-electron chi connectivity index (χ0n) is 21.1. The Morgan fingerprint density at radius 2 is 1.77 bits per heavy atom. The van der Waals surface area contributed by atoms with Crippen LogP contribution < -0.4 is 5.73 Å². The second-order valence-electron chi connectivity index (χ2n) is 11.8. The second-order valence-corrected chi connectivity index (χ2v) is 11.8. The molecule has 35 heavy (non-hydrogen) atoms. The molecule has 3 aliphatic rings. The monoisotopic (exact) mass is 475 g/mol. The number of phenolic OH excluding ortho intramolecular Hbond substituents is 1. The fourth-order valence-electron chi connectivity index (χ4n) is 7.91. The van der Waals surface area contributed by atoms with Crippen molar-refractivity contribution in [3.05, 3.63) is 64.7 Å². The maximum atomic E-state index is 11.0. The van der Waals surface area contributed by atoms with Gasteiger partial charge in [0.1, 0.15) is 5.75 Å². The number of hydrogen-bond donors (Lipinski definition) is 3. The van der Waals surface area contributed by atoms with Gasteiger partial charge >= 0.3 is 0 Å². The second kappa shape index (κ2) is 9.97. The molecule has 3 aliphatic carbocycles. The minimum absolute atomic E-state index is 0.0735. The van der Waals surface area contributed by atoms with Gasteiger partial charge in [-0.2, -0.15) is 0 Å². The Hall–Kier alpha value is -2.33. The molecule has 1 amide bonds. The molecule has 4 heteroatoms. The van der Waals surface area contributed by atoms with Crippen molar-refractivity contribution in [2.75, 3.05) is 0 Å². The van der Waals surface area contributed by atoms with Gasteiger partial charge in [0.15, 0.2) is 0 Å². The Balaban J connectivity index is 1.25. The molecule has 0 radical (unpaired) electrons. The average Bonchev–Trinajstić information content (AvgIpc) is 3.15. The maximum absolute atomic E-state index is 11.0. The number of fused-ring (bicyclic) bond motifs is 5. The van der Waals surface area contributed by atoms with Crippen molar-refractivity contribution in [3.63, 3.8) is 0 Å². The summed E-state index contributed by atoms with van der Waals surface area (Å²) in [6.45, 7) is 2.35. The third kappa shape index (κ3) is 4.87. The SMILES string of the molecule is C[C@]12CCC3c4ccc(O)cc4C[C@@H](CCCCc4ccc(CCC(N)=O)cc4)C3C1CC[C@@H]2O. The molecule has 0 saturated heterocycles. The number of rotatable bonds is 8. The molecule has 0 bridgehead atoms. The highest BCUT2D eigenvalue weighted by atomic mass is 16.3. The summed E-state index contributed by atoms with van der Waals surface area (Å²) in [4.78, 5) is 11.0. The molecule has 0 aromatic heterocycles. The number of nitrogens with two attached hydrogens (primary N) is 1. The zero-order valence-corrected chi connectivity index (χ0v) is 21.1. The van der Waals surface area contributed by atoms with Crippen LogP contribution in [0.3, 0.4) is 0 Å². The third-order valence-corrected chi connectivity index (χ3v) is 9.81. The fraction of sp³-hybridized carbons (Fsp3) is 0.581. The van der Waals surface area contributed by atoms with Crippen molar-refractivity contribution < 1.29 is 15.0 Å². The molecule has 0 heterocycles. The predicted octanol–water partition coefficient (Wildman–Crippen LogP) is 5.67. The van der Waals surface area contributed by atoms with E-state index in [0.29, 0.717) is 42.3 Å². The molecule has 5 rings (SSSR count). The van der Waals surface area contributed by atoms with Crippen LogP contribution in [0.1, 0.15) is 86.5 Å². The van der Waals surface area contributed by atoms with E-state index in [0.717, 1.165) is 38.5 Å². The number of benzene rings is 2. The number of aromatic hydroxyl groups is 1. The number of aliphatic hydroxyl groups excluding tert-OH is 1. The van der Waals surface area contributed by atoms with E-state index in [1.165, 1.54) is 41.5 Å². The van der Waals surface area contributed by atoms with Crippen LogP contribution in [0.25, 0.3) is 0 Å². The van der Waals surface area contributed by atoms with Gasteiger partial charge in [-0.1, -0.05) is 43.7 Å². The first-order chi connectivity index (χ1) is 16.8. The van der Waals surface area contributed by atoms with Gasteiger partial charge in [-0.15, -0.1) is 0 Å². The van der Waals surface area contributed by atoms with E-state index in [-0.39, 0.29) is 17.4 Å². The Bertz CT molecular complexity index is 1050. The van der Waals surface area contributed by atoms with Gasteiger partial charge in [-0.3, -0.25) is 4.79 Å². The molecule has 3 unspecified atom stereocenters. The number of aliphatic hydroxyl groups is 1. The smallest absolute Gasteiger partial charge is 0.217 e. The highest BCUT2D eigenvalue weighted by molar-refractivity contribution is 5.74. The lowest BCUT2D eigenvalue weighted by Gasteiger charge is -2.53. The Labute approximate surface area is 209 Å². The Morgan fingerprint density at radius 3 is 2.51 bits per heavy atom. The summed E-state index contributed by atoms with van der Waals surface area (Å²) in [5.74, 6) is 2.59. The van der Waals surface area contributed by atoms with Crippen molar-refractivity contribution >= 4 is 5.91 Å². The standard InChI is InChI=1S/C31H41NO3/c1-31-17-16-26-25-12-11-24(33)19-23(25)18-22(30(26)27(31)13-14-28(31)34)5-3-2-4-20-6-8-21(9-7-20)10-15-29(32)35/h6-9,11-12,19,22,26-28,30,33-34H,2-5,10,13-18H2,1H3,(H2,32,35)/t22-,26?,27?,28+,30?,31+/m1/s1. The lowest BCUT2D eigenvalue weighted by Crippen LogP contribution is -2.47. The first-order valence-electron chi connectivity index (χ1n) is 13.7. The average molecular weight is 476 g/mol. The topological polar surface area (TPSA) is 83.5 Å². The molecule has 2 saturated carbocycles. The summed E-state index contributed by atoms with van der Waals surface area (Å²) in [7, 11) is 0. The van der Waals surface area contributed by atoms with Crippen molar-refractivity contribution in [1.82, 2.24) is 0 Å². The van der Waals surface area contributed by atoms with Gasteiger partial charge in [-0.05, 0) is 121 Å². The van der Waals surface area contributed by atoms with Gasteiger partial charge in [0.25, 0.3) is 0 Å². The Kier molecular flexibility index (Phi) is 6.94. The molecular weight excluding hydrogens is 434 g/mol. The van der Waals surface area contributed by atoms with Crippen molar-refractivity contribution in [1.29, 1.82) is 0 Å². The summed E-state index contributed by atoms with van der Waals surface area (Å²) < 4.78 is 0. The number of primary amides is 1. The minimum atomic E-state index is -0.248. The van der Waals surface area contributed by atoms with Crippen LogP contribution in [-0.2, 0) is 24.1 Å². The summed E-state index contributed by atoms with van der Waals surface area (Å²) in [5, 5.41) is 21.0. The lowest BCUT2D eigenvalue weighted by molar-refractivity contribution is -0.117. The number of amides is 1. The van der Waals surface area contributed by atoms with Gasteiger partial charge in [0, 0.05) is 6.42 Å². The predicted molar refractivity (Wildman–Crippen MR) is 139 cm³/mol. The number of phenols is 1. The summed E-state index contributed by atoms with van der Waals surface area (Å²) in [6, 6.07) is 14.7.